The average molecular weight is 460 g/mol. The maximum atomic E-state index is 8.34. The Bertz CT molecular complexity index is 1420. The first-order valence-corrected chi connectivity index (χ1v) is 11.5. The van der Waals surface area contributed by atoms with Crippen molar-refractivity contribution >= 4 is 33.5 Å². The van der Waals surface area contributed by atoms with E-state index in [0.29, 0.717) is 29.0 Å². The molecule has 0 spiro atoms. The summed E-state index contributed by atoms with van der Waals surface area (Å²) in [6.45, 7) is 8.45. The van der Waals surface area contributed by atoms with Crippen LogP contribution in [0.3, 0.4) is 0 Å². The lowest BCUT2D eigenvalue weighted by atomic mass is 10.0. The summed E-state index contributed by atoms with van der Waals surface area (Å²) < 4.78 is 11.2. The van der Waals surface area contributed by atoms with Crippen molar-refractivity contribution in [1.29, 1.82) is 5.41 Å². The molecule has 0 saturated heterocycles. The molecule has 4 aromatic rings. The number of hydrogen-bond donors (Lipinski definition) is 4. The van der Waals surface area contributed by atoms with Gasteiger partial charge in [0.1, 0.15) is 34.6 Å². The van der Waals surface area contributed by atoms with Crippen LogP contribution in [0.2, 0.25) is 0 Å². The first kappa shape index (κ1) is 21.9. The Morgan fingerprint density at radius 2 is 2.06 bits per heavy atom. The quantitative estimate of drug-likeness (QED) is 0.274. The number of anilines is 1. The van der Waals surface area contributed by atoms with Crippen LogP contribution >= 0.6 is 0 Å². The molecular formula is C25H29N7O2. The highest BCUT2D eigenvalue weighted by Gasteiger charge is 2.26. The van der Waals surface area contributed by atoms with Crippen LogP contribution in [0.1, 0.15) is 37.0 Å². The van der Waals surface area contributed by atoms with Gasteiger partial charge in [0.05, 0.1) is 23.8 Å². The summed E-state index contributed by atoms with van der Waals surface area (Å²) in [5.41, 5.74) is 4.92. The topological polar surface area (TPSA) is 125 Å². The molecule has 1 aliphatic rings. The molecule has 1 saturated carbocycles. The van der Waals surface area contributed by atoms with E-state index in [1.165, 1.54) is 0 Å². The minimum absolute atomic E-state index is 0.364. The van der Waals surface area contributed by atoms with Crippen LogP contribution in [0, 0.1) is 32.1 Å². The number of allylic oxidation sites excluding steroid dienone is 1. The third-order valence-electron chi connectivity index (χ3n) is 6.12. The lowest BCUT2D eigenvalue weighted by Gasteiger charge is -2.14. The largest absolute Gasteiger partial charge is 0.496 e. The predicted octanol–water partition coefficient (Wildman–Crippen LogP) is 4.99. The second-order valence-electron chi connectivity index (χ2n) is 8.71. The summed E-state index contributed by atoms with van der Waals surface area (Å²) >= 11 is 0. The van der Waals surface area contributed by atoms with Crippen molar-refractivity contribution in [3.05, 3.63) is 41.3 Å². The zero-order valence-corrected chi connectivity index (χ0v) is 20.1. The summed E-state index contributed by atoms with van der Waals surface area (Å²) in [7, 11) is 1.66. The SMILES string of the molecule is CCN/C(=C\C(=N)C1CC1)Nc1nc(C)nc2[nH]c3cc(-c4c(C)noc4C)c(OC)cc3c12. The number of ether oxygens (including phenoxy) is 1. The number of methoxy groups -OCH3 is 1. The number of nitrogens with zero attached hydrogens (tertiary/aromatic N) is 3. The third kappa shape index (κ3) is 3.87. The smallest absolute Gasteiger partial charge is 0.145 e. The van der Waals surface area contributed by atoms with Crippen molar-refractivity contribution < 1.29 is 9.26 Å². The molecule has 9 nitrogen and oxygen atoms in total. The van der Waals surface area contributed by atoms with Crippen molar-refractivity contribution in [2.75, 3.05) is 19.0 Å². The van der Waals surface area contributed by atoms with Gasteiger partial charge in [0, 0.05) is 34.6 Å². The van der Waals surface area contributed by atoms with E-state index >= 15 is 0 Å². The molecule has 3 aromatic heterocycles. The van der Waals surface area contributed by atoms with E-state index < -0.39 is 0 Å². The van der Waals surface area contributed by atoms with E-state index in [2.05, 4.69) is 25.8 Å². The van der Waals surface area contributed by atoms with Gasteiger partial charge < -0.3 is 30.3 Å². The Kier molecular flexibility index (Phi) is 5.47. The van der Waals surface area contributed by atoms with Crippen LogP contribution in [0.4, 0.5) is 5.82 Å². The van der Waals surface area contributed by atoms with E-state index in [-0.39, 0.29) is 0 Å². The van der Waals surface area contributed by atoms with Crippen LogP contribution in [0.5, 0.6) is 5.75 Å². The normalized spacial score (nSPS) is 14.1. The van der Waals surface area contributed by atoms with Crippen LogP contribution in [-0.4, -0.2) is 39.5 Å². The van der Waals surface area contributed by atoms with Gasteiger partial charge in [-0.15, -0.1) is 0 Å². The molecule has 5 rings (SSSR count). The van der Waals surface area contributed by atoms with Crippen molar-refractivity contribution in [3.63, 3.8) is 0 Å². The van der Waals surface area contributed by atoms with E-state index in [9.17, 15) is 0 Å². The summed E-state index contributed by atoms with van der Waals surface area (Å²) in [4.78, 5) is 12.8. The zero-order chi connectivity index (χ0) is 24.0. The second kappa shape index (κ2) is 8.48. The zero-order valence-electron chi connectivity index (χ0n) is 20.1. The van der Waals surface area contributed by atoms with Gasteiger partial charge in [-0.25, -0.2) is 9.97 Å². The number of aromatic amines is 1. The fourth-order valence-corrected chi connectivity index (χ4v) is 4.37. The van der Waals surface area contributed by atoms with Gasteiger partial charge in [0.2, 0.25) is 0 Å². The molecule has 0 bridgehead atoms. The van der Waals surface area contributed by atoms with E-state index in [4.69, 9.17) is 19.7 Å². The molecule has 1 aliphatic carbocycles. The highest BCUT2D eigenvalue weighted by molar-refractivity contribution is 6.13. The van der Waals surface area contributed by atoms with Gasteiger partial charge >= 0.3 is 0 Å². The number of rotatable bonds is 8. The Labute approximate surface area is 197 Å². The Hall–Kier alpha value is -3.88. The monoisotopic (exact) mass is 459 g/mol. The van der Waals surface area contributed by atoms with E-state index in [0.717, 1.165) is 69.7 Å². The molecule has 3 heterocycles. The minimum atomic E-state index is 0.364. The highest BCUT2D eigenvalue weighted by Crippen LogP contribution is 2.40. The molecule has 34 heavy (non-hydrogen) atoms. The fraction of sp³-hybridized carbons (Fsp3) is 0.360. The van der Waals surface area contributed by atoms with Gasteiger partial charge in [-0.2, -0.15) is 0 Å². The first-order valence-electron chi connectivity index (χ1n) is 11.5. The molecule has 1 fully saturated rings. The van der Waals surface area contributed by atoms with E-state index in [1.54, 1.807) is 7.11 Å². The molecule has 4 N–H and O–H groups in total. The number of fused-ring (bicyclic) bond motifs is 3. The molecule has 0 radical (unpaired) electrons. The van der Waals surface area contributed by atoms with Gasteiger partial charge in [-0.05, 0) is 58.7 Å². The Morgan fingerprint density at radius 3 is 2.71 bits per heavy atom. The molecule has 0 unspecified atom stereocenters. The molecule has 0 aliphatic heterocycles. The Morgan fingerprint density at radius 1 is 1.26 bits per heavy atom. The summed E-state index contributed by atoms with van der Waals surface area (Å²) in [6.07, 6.45) is 4.04. The summed E-state index contributed by atoms with van der Waals surface area (Å²) in [5.74, 6) is 3.90. The molecule has 176 valence electrons. The average Bonchev–Trinajstić information content (AvgIpc) is 3.51. The Balaban J connectivity index is 1.67. The van der Waals surface area contributed by atoms with Gasteiger partial charge in [-0.3, -0.25) is 0 Å². The number of hydrogen-bond acceptors (Lipinski definition) is 8. The van der Waals surface area contributed by atoms with E-state index in [1.807, 2.05) is 45.9 Å². The third-order valence-corrected chi connectivity index (χ3v) is 6.12. The van der Waals surface area contributed by atoms with Crippen molar-refractivity contribution in [3.8, 4) is 16.9 Å². The highest BCUT2D eigenvalue weighted by atomic mass is 16.5. The molecule has 0 atom stereocenters. The number of H-pyrrole nitrogens is 1. The predicted molar refractivity (Wildman–Crippen MR) is 133 cm³/mol. The van der Waals surface area contributed by atoms with Crippen molar-refractivity contribution in [2.24, 2.45) is 5.92 Å². The number of benzene rings is 1. The second-order valence-corrected chi connectivity index (χ2v) is 8.71. The molecule has 1 aromatic carbocycles. The molecule has 9 heteroatoms. The van der Waals surface area contributed by atoms with Crippen LogP contribution in [0.15, 0.2) is 28.6 Å². The lowest BCUT2D eigenvalue weighted by molar-refractivity contribution is 0.393. The number of aromatic nitrogens is 4. The van der Waals surface area contributed by atoms with Gasteiger partial charge in [0.15, 0.2) is 0 Å². The van der Waals surface area contributed by atoms with Gasteiger partial charge in [-0.1, -0.05) is 5.16 Å². The van der Waals surface area contributed by atoms with Crippen molar-refractivity contribution in [2.45, 2.75) is 40.5 Å². The first-order chi connectivity index (χ1) is 16.4. The van der Waals surface area contributed by atoms with Crippen LogP contribution in [0.25, 0.3) is 33.1 Å². The lowest BCUT2D eigenvalue weighted by Crippen LogP contribution is -2.21. The van der Waals surface area contributed by atoms with Crippen molar-refractivity contribution in [1.82, 2.24) is 25.4 Å². The van der Waals surface area contributed by atoms with Crippen LogP contribution in [-0.2, 0) is 0 Å². The molecule has 0 amide bonds. The maximum Gasteiger partial charge on any atom is 0.145 e. The van der Waals surface area contributed by atoms with Gasteiger partial charge in [0.25, 0.3) is 0 Å². The number of aryl methyl sites for hydroxylation is 3. The summed E-state index contributed by atoms with van der Waals surface area (Å²) in [5, 5.41) is 21.0. The fourth-order valence-electron chi connectivity index (χ4n) is 4.37. The van der Waals surface area contributed by atoms with Crippen LogP contribution < -0.4 is 15.4 Å². The summed E-state index contributed by atoms with van der Waals surface area (Å²) in [6, 6.07) is 4.05. The number of nitrogens with one attached hydrogen (secondary N) is 4. The standard InChI is InChI=1S/C25H29N7O2/c1-6-27-21(11-18(26)15-7-8-15)31-25-23-16-10-20(33-5)17(22-12(2)32-34-13(22)3)9-19(16)30-24(23)28-14(4)29-25/h9-11,15,26-27H,6-8H2,1-5H3,(H2,28,29,30,31)/b21-11+,26-18?. The minimum Gasteiger partial charge on any atom is -0.496 e. The maximum absolute atomic E-state index is 8.34. The molecular weight excluding hydrogens is 430 g/mol.